The molecule has 1 atom stereocenters. The van der Waals surface area contributed by atoms with Crippen LogP contribution in [-0.2, 0) is 11.0 Å². The van der Waals surface area contributed by atoms with E-state index in [0.29, 0.717) is 22.9 Å². The smallest absolute Gasteiger partial charge is 0.423 e. The molecule has 2 rings (SSSR count). The predicted molar refractivity (Wildman–Crippen MR) is 94.3 cm³/mol. The van der Waals surface area contributed by atoms with E-state index in [1.54, 1.807) is 0 Å². The van der Waals surface area contributed by atoms with Crippen molar-refractivity contribution >= 4 is 28.9 Å². The highest BCUT2D eigenvalue weighted by atomic mass is 35.5. The number of carbonyl (C=O) groups excluding carboxylic acids is 1. The molecule has 0 saturated heterocycles. The molecule has 0 saturated carbocycles. The maximum absolute atomic E-state index is 13.0. The number of hydrogen-bond donors (Lipinski definition) is 2. The molecular weight excluding hydrogens is 405 g/mol. The summed E-state index contributed by atoms with van der Waals surface area (Å²) in [5.41, 5.74) is -5.13. The van der Waals surface area contributed by atoms with Crippen molar-refractivity contribution in [3.8, 4) is 5.75 Å². The van der Waals surface area contributed by atoms with Crippen molar-refractivity contribution < 1.29 is 32.7 Å². The Kier molecular flexibility index (Phi) is 6.15. The summed E-state index contributed by atoms with van der Waals surface area (Å²) >= 11 is 5.73. The summed E-state index contributed by atoms with van der Waals surface area (Å²) in [7, 11) is 0. The molecule has 1 amide bonds. The summed E-state index contributed by atoms with van der Waals surface area (Å²) in [4.78, 5) is 21.8. The quantitative estimate of drug-likeness (QED) is 0.544. The molecule has 0 radical (unpaired) electrons. The second-order valence-corrected chi connectivity index (χ2v) is 6.39. The molecule has 2 aromatic carbocycles. The van der Waals surface area contributed by atoms with Gasteiger partial charge in [0.05, 0.1) is 4.92 Å². The fourth-order valence-corrected chi connectivity index (χ4v) is 2.21. The van der Waals surface area contributed by atoms with Gasteiger partial charge in [-0.3, -0.25) is 14.9 Å². The van der Waals surface area contributed by atoms with Gasteiger partial charge in [0.2, 0.25) is 0 Å². The van der Waals surface area contributed by atoms with Gasteiger partial charge in [-0.1, -0.05) is 11.6 Å². The van der Waals surface area contributed by atoms with Crippen molar-refractivity contribution in [2.45, 2.75) is 18.7 Å². The van der Waals surface area contributed by atoms with Crippen LogP contribution >= 0.6 is 11.6 Å². The molecule has 0 aliphatic heterocycles. The van der Waals surface area contributed by atoms with Crippen LogP contribution in [0.2, 0.25) is 5.02 Å². The van der Waals surface area contributed by atoms with Crippen molar-refractivity contribution in [2.75, 3.05) is 11.9 Å². The first-order valence-corrected chi connectivity index (χ1v) is 8.06. The van der Waals surface area contributed by atoms with E-state index in [1.165, 1.54) is 24.3 Å². The number of nitrogens with zero attached hydrogens (tertiary/aromatic N) is 1. The van der Waals surface area contributed by atoms with Crippen molar-refractivity contribution in [1.82, 2.24) is 0 Å². The lowest BCUT2D eigenvalue weighted by Gasteiger charge is -2.23. The number of halogens is 4. The van der Waals surface area contributed by atoms with Gasteiger partial charge in [0.25, 0.3) is 11.6 Å². The molecule has 28 heavy (non-hydrogen) atoms. The number of rotatable bonds is 6. The first-order chi connectivity index (χ1) is 12.9. The van der Waals surface area contributed by atoms with Gasteiger partial charge in [0.1, 0.15) is 17.9 Å². The van der Waals surface area contributed by atoms with Crippen LogP contribution in [0, 0.1) is 10.1 Å². The second kappa shape index (κ2) is 8.03. The van der Waals surface area contributed by atoms with Crippen LogP contribution in [0.3, 0.4) is 0 Å². The maximum Gasteiger partial charge on any atom is 0.423 e. The Hall–Kier alpha value is -2.85. The highest BCUT2D eigenvalue weighted by Crippen LogP contribution is 2.37. The van der Waals surface area contributed by atoms with Crippen molar-refractivity contribution in [1.29, 1.82) is 0 Å². The predicted octanol–water partition coefficient (Wildman–Crippen LogP) is 4.04. The number of ether oxygens (including phenoxy) is 1. The van der Waals surface area contributed by atoms with E-state index < -0.39 is 40.5 Å². The number of alkyl halides is 3. The van der Waals surface area contributed by atoms with E-state index in [4.69, 9.17) is 16.3 Å². The molecule has 150 valence electrons. The Morgan fingerprint density at radius 1 is 1.25 bits per heavy atom. The summed E-state index contributed by atoms with van der Waals surface area (Å²) < 4.78 is 44.3. The Labute approximate surface area is 161 Å². The number of nitro benzene ring substituents is 1. The summed E-state index contributed by atoms with van der Waals surface area (Å²) in [6.45, 7) is 0.605. The van der Waals surface area contributed by atoms with Gasteiger partial charge >= 0.3 is 6.18 Å². The molecule has 2 N–H and O–H groups in total. The van der Waals surface area contributed by atoms with Crippen LogP contribution in [0.5, 0.6) is 5.75 Å². The van der Waals surface area contributed by atoms with Crippen LogP contribution in [0.25, 0.3) is 0 Å². The highest BCUT2D eigenvalue weighted by molar-refractivity contribution is 6.30. The number of amides is 1. The number of aliphatic hydroxyl groups is 1. The number of nitro groups is 1. The van der Waals surface area contributed by atoms with Crippen molar-refractivity contribution in [2.24, 2.45) is 0 Å². The van der Waals surface area contributed by atoms with Crippen LogP contribution in [-0.4, -0.2) is 28.1 Å². The van der Waals surface area contributed by atoms with Gasteiger partial charge in [-0.25, -0.2) is 0 Å². The lowest BCUT2D eigenvalue weighted by molar-refractivity contribution is -0.388. The molecule has 0 unspecified atom stereocenters. The molecule has 0 fully saturated rings. The van der Waals surface area contributed by atoms with Gasteiger partial charge < -0.3 is 15.2 Å². The first kappa shape index (κ1) is 21.5. The molecule has 11 heteroatoms. The molecule has 0 aliphatic rings. The minimum atomic E-state index is -5.00. The highest BCUT2D eigenvalue weighted by Gasteiger charge is 2.39. The van der Waals surface area contributed by atoms with Gasteiger partial charge in [-0.15, -0.1) is 0 Å². The minimum absolute atomic E-state index is 0.312. The summed E-state index contributed by atoms with van der Waals surface area (Å²) in [5, 5.41) is 23.5. The molecule has 0 heterocycles. The number of benzene rings is 2. The lowest BCUT2D eigenvalue weighted by atomic mass is 10.1. The van der Waals surface area contributed by atoms with E-state index in [9.17, 15) is 33.2 Å². The average Bonchev–Trinajstić information content (AvgIpc) is 2.60. The topological polar surface area (TPSA) is 102 Å². The van der Waals surface area contributed by atoms with Crippen molar-refractivity contribution in [3.05, 3.63) is 63.2 Å². The molecule has 0 aromatic heterocycles. The Balaban J connectivity index is 2.14. The average molecular weight is 419 g/mol. The Morgan fingerprint density at radius 3 is 2.39 bits per heavy atom. The summed E-state index contributed by atoms with van der Waals surface area (Å²) in [6.07, 6.45) is -5.00. The standard InChI is InChI=1S/C17H14ClF3N2O5/c1-16(25,9-28-12-5-2-10(18)3-6-12)15(24)22-11-4-7-14(23(26)27)13(8-11)17(19,20)21/h2-8,25H,9H2,1H3,(H,22,24)/t16-/m0/s1. The monoisotopic (exact) mass is 418 g/mol. The molecule has 7 nitrogen and oxygen atoms in total. The number of carbonyl (C=O) groups is 1. The summed E-state index contributed by atoms with van der Waals surface area (Å²) in [5.74, 6) is -0.740. The van der Waals surface area contributed by atoms with Crippen LogP contribution in [0.4, 0.5) is 24.5 Å². The van der Waals surface area contributed by atoms with E-state index in [0.717, 1.165) is 13.0 Å². The van der Waals surface area contributed by atoms with Crippen molar-refractivity contribution in [3.63, 3.8) is 0 Å². The number of nitrogens with one attached hydrogen (secondary N) is 1. The summed E-state index contributed by atoms with van der Waals surface area (Å²) in [6, 6.07) is 8.04. The van der Waals surface area contributed by atoms with Gasteiger partial charge in [0, 0.05) is 16.8 Å². The second-order valence-electron chi connectivity index (χ2n) is 5.96. The zero-order valence-electron chi connectivity index (χ0n) is 14.3. The Morgan fingerprint density at radius 2 is 1.86 bits per heavy atom. The normalized spacial score (nSPS) is 13.5. The fourth-order valence-electron chi connectivity index (χ4n) is 2.09. The zero-order valence-corrected chi connectivity index (χ0v) is 15.0. The molecule has 0 spiro atoms. The van der Waals surface area contributed by atoms with E-state index in [-0.39, 0.29) is 5.69 Å². The van der Waals surface area contributed by atoms with Crippen LogP contribution in [0.1, 0.15) is 12.5 Å². The number of anilines is 1. The maximum atomic E-state index is 13.0. The van der Waals surface area contributed by atoms with Crippen LogP contribution in [0.15, 0.2) is 42.5 Å². The molecular formula is C17H14ClF3N2O5. The number of hydrogen-bond acceptors (Lipinski definition) is 5. The minimum Gasteiger partial charge on any atom is -0.490 e. The van der Waals surface area contributed by atoms with Gasteiger partial charge in [0.15, 0.2) is 5.60 Å². The largest absolute Gasteiger partial charge is 0.490 e. The van der Waals surface area contributed by atoms with E-state index in [1.807, 2.05) is 0 Å². The van der Waals surface area contributed by atoms with E-state index in [2.05, 4.69) is 5.32 Å². The van der Waals surface area contributed by atoms with Gasteiger partial charge in [-0.2, -0.15) is 13.2 Å². The first-order valence-electron chi connectivity index (χ1n) is 7.68. The molecule has 0 bridgehead atoms. The van der Waals surface area contributed by atoms with E-state index >= 15 is 0 Å². The Bertz CT molecular complexity index is 885. The third-order valence-electron chi connectivity index (χ3n) is 3.58. The zero-order chi connectivity index (χ0) is 21.1. The molecule has 0 aliphatic carbocycles. The third kappa shape index (κ3) is 5.33. The fraction of sp³-hybridized carbons (Fsp3) is 0.235. The SMILES string of the molecule is C[C@](O)(COc1ccc(Cl)cc1)C(=O)Nc1ccc([N+](=O)[O-])c(C(F)(F)F)c1. The lowest BCUT2D eigenvalue weighted by Crippen LogP contribution is -2.45. The van der Waals surface area contributed by atoms with Crippen LogP contribution < -0.4 is 10.1 Å². The van der Waals surface area contributed by atoms with Gasteiger partial charge in [-0.05, 0) is 43.3 Å². The molecule has 2 aromatic rings. The third-order valence-corrected chi connectivity index (χ3v) is 3.83.